The van der Waals surface area contributed by atoms with E-state index in [4.69, 9.17) is 5.11 Å². The van der Waals surface area contributed by atoms with Crippen LogP contribution in [0.25, 0.3) is 0 Å². The van der Waals surface area contributed by atoms with E-state index in [1.807, 2.05) is 6.92 Å². The summed E-state index contributed by atoms with van der Waals surface area (Å²) < 4.78 is 0. The minimum absolute atomic E-state index is 0.0471. The topological polar surface area (TPSA) is 99.2 Å². The van der Waals surface area contributed by atoms with Crippen molar-refractivity contribution < 1.29 is 14.7 Å². The van der Waals surface area contributed by atoms with E-state index in [0.29, 0.717) is 5.82 Å². The number of H-pyrrole nitrogens is 1. The number of nitrogens with zero attached hydrogens (tertiary/aromatic N) is 3. The maximum absolute atomic E-state index is 12.2. The van der Waals surface area contributed by atoms with Crippen LogP contribution in [0.15, 0.2) is 0 Å². The van der Waals surface area contributed by atoms with Gasteiger partial charge in [0.05, 0.1) is 6.42 Å². The van der Waals surface area contributed by atoms with Gasteiger partial charge in [0.1, 0.15) is 5.82 Å². The Morgan fingerprint density at radius 3 is 2.79 bits per heavy atom. The van der Waals surface area contributed by atoms with Gasteiger partial charge in [-0.05, 0) is 19.3 Å². The molecule has 1 saturated carbocycles. The Balaban J connectivity index is 2.03. The van der Waals surface area contributed by atoms with Gasteiger partial charge < -0.3 is 10.0 Å². The van der Waals surface area contributed by atoms with E-state index in [-0.39, 0.29) is 30.7 Å². The molecule has 0 radical (unpaired) electrons. The van der Waals surface area contributed by atoms with Gasteiger partial charge in [-0.25, -0.2) is 4.98 Å². The molecule has 2 N–H and O–H groups in total. The second-order valence-electron chi connectivity index (χ2n) is 4.73. The smallest absolute Gasteiger partial charge is 0.305 e. The molecule has 7 heteroatoms. The first kappa shape index (κ1) is 13.5. The van der Waals surface area contributed by atoms with Crippen LogP contribution in [0.4, 0.5) is 0 Å². The predicted molar refractivity (Wildman–Crippen MR) is 66.7 cm³/mol. The van der Waals surface area contributed by atoms with E-state index in [1.54, 1.807) is 4.90 Å². The Morgan fingerprint density at radius 1 is 1.47 bits per heavy atom. The molecule has 1 heterocycles. The molecule has 1 aromatic rings. The predicted octanol–water partition coefficient (Wildman–Crippen LogP) is 0.837. The zero-order valence-corrected chi connectivity index (χ0v) is 10.9. The van der Waals surface area contributed by atoms with Crippen LogP contribution in [-0.2, 0) is 11.2 Å². The number of nitrogens with one attached hydrogen (secondary N) is 1. The number of carbonyl (C=O) groups excluding carboxylic acids is 1. The van der Waals surface area contributed by atoms with Gasteiger partial charge in [-0.1, -0.05) is 6.92 Å². The molecule has 7 nitrogen and oxygen atoms in total. The molecular weight excluding hydrogens is 248 g/mol. The van der Waals surface area contributed by atoms with Crippen molar-refractivity contribution in [2.45, 2.75) is 45.1 Å². The van der Waals surface area contributed by atoms with Crippen molar-refractivity contribution >= 4 is 11.9 Å². The largest absolute Gasteiger partial charge is 0.481 e. The third kappa shape index (κ3) is 3.52. The summed E-state index contributed by atoms with van der Waals surface area (Å²) in [5.74, 6) is -0.344. The second kappa shape index (κ2) is 5.81. The molecule has 2 rings (SSSR count). The molecule has 0 atom stereocenters. The van der Waals surface area contributed by atoms with E-state index >= 15 is 0 Å². The molecule has 1 aliphatic carbocycles. The van der Waals surface area contributed by atoms with E-state index in [2.05, 4.69) is 15.2 Å². The van der Waals surface area contributed by atoms with Gasteiger partial charge in [0.15, 0.2) is 0 Å². The first-order chi connectivity index (χ1) is 9.11. The van der Waals surface area contributed by atoms with E-state index in [9.17, 15) is 9.59 Å². The van der Waals surface area contributed by atoms with Crippen molar-refractivity contribution in [1.82, 2.24) is 20.1 Å². The first-order valence-electron chi connectivity index (χ1n) is 6.56. The Bertz CT molecular complexity index is 467. The summed E-state index contributed by atoms with van der Waals surface area (Å²) in [4.78, 5) is 28.6. The average Bonchev–Trinajstić information content (AvgIpc) is 3.09. The molecular formula is C12H18N4O3. The Kier molecular flexibility index (Phi) is 4.13. The van der Waals surface area contributed by atoms with E-state index < -0.39 is 5.97 Å². The molecule has 0 unspecified atom stereocenters. The summed E-state index contributed by atoms with van der Waals surface area (Å²) in [5.41, 5.74) is 0. The van der Waals surface area contributed by atoms with Crippen LogP contribution in [0.5, 0.6) is 0 Å². The quantitative estimate of drug-likeness (QED) is 0.761. The zero-order chi connectivity index (χ0) is 13.8. The molecule has 0 bridgehead atoms. The highest BCUT2D eigenvalue weighted by atomic mass is 16.4. The minimum Gasteiger partial charge on any atom is -0.481 e. The summed E-state index contributed by atoms with van der Waals surface area (Å²) in [7, 11) is 0. The fourth-order valence-electron chi connectivity index (χ4n) is 1.92. The molecule has 1 aliphatic rings. The van der Waals surface area contributed by atoms with Crippen LogP contribution in [0.2, 0.25) is 0 Å². The highest BCUT2D eigenvalue weighted by Crippen LogP contribution is 2.27. The fourth-order valence-corrected chi connectivity index (χ4v) is 1.92. The third-order valence-corrected chi connectivity index (χ3v) is 3.02. The van der Waals surface area contributed by atoms with Gasteiger partial charge in [0.2, 0.25) is 5.82 Å². The number of amides is 1. The molecule has 1 aromatic heterocycles. The normalized spacial score (nSPS) is 14.4. The maximum Gasteiger partial charge on any atom is 0.305 e. The van der Waals surface area contributed by atoms with Gasteiger partial charge >= 0.3 is 5.97 Å². The van der Waals surface area contributed by atoms with E-state index in [1.165, 1.54) is 0 Å². The standard InChI is InChI=1S/C12H18N4O3/c1-2-3-9-13-11(15-14-9)12(19)16(8-4-5-8)7-6-10(17)18/h8H,2-7H2,1H3,(H,17,18)(H,13,14,15). The maximum atomic E-state index is 12.2. The SMILES string of the molecule is CCCc1nc(C(=O)N(CCC(=O)O)C2CC2)n[nH]1. The van der Waals surface area contributed by atoms with Crippen LogP contribution >= 0.6 is 0 Å². The Labute approximate surface area is 111 Å². The molecule has 19 heavy (non-hydrogen) atoms. The molecule has 0 spiro atoms. The molecule has 0 aromatic carbocycles. The summed E-state index contributed by atoms with van der Waals surface area (Å²) in [6.45, 7) is 2.24. The number of aromatic nitrogens is 3. The van der Waals surface area contributed by atoms with Crippen LogP contribution < -0.4 is 0 Å². The number of rotatable bonds is 7. The van der Waals surface area contributed by atoms with Gasteiger partial charge in [0, 0.05) is 19.0 Å². The molecule has 0 saturated heterocycles. The highest BCUT2D eigenvalue weighted by Gasteiger charge is 2.34. The second-order valence-corrected chi connectivity index (χ2v) is 4.73. The number of carbonyl (C=O) groups is 2. The average molecular weight is 266 g/mol. The zero-order valence-electron chi connectivity index (χ0n) is 10.9. The van der Waals surface area contributed by atoms with Crippen molar-refractivity contribution in [3.63, 3.8) is 0 Å². The Hall–Kier alpha value is -1.92. The molecule has 1 fully saturated rings. The van der Waals surface area contributed by atoms with Crippen molar-refractivity contribution in [2.75, 3.05) is 6.54 Å². The fraction of sp³-hybridized carbons (Fsp3) is 0.667. The van der Waals surface area contributed by atoms with Gasteiger partial charge in [0.25, 0.3) is 5.91 Å². The number of hydrogen-bond acceptors (Lipinski definition) is 4. The molecule has 1 amide bonds. The molecule has 104 valence electrons. The van der Waals surface area contributed by atoms with Gasteiger partial charge in [-0.15, -0.1) is 5.10 Å². The van der Waals surface area contributed by atoms with Crippen molar-refractivity contribution in [3.8, 4) is 0 Å². The highest BCUT2D eigenvalue weighted by molar-refractivity contribution is 5.91. The van der Waals surface area contributed by atoms with Crippen LogP contribution in [0.3, 0.4) is 0 Å². The van der Waals surface area contributed by atoms with Crippen molar-refractivity contribution in [1.29, 1.82) is 0 Å². The Morgan fingerprint density at radius 2 is 2.21 bits per heavy atom. The molecule has 0 aliphatic heterocycles. The summed E-state index contributed by atoms with van der Waals surface area (Å²) in [5, 5.41) is 15.4. The first-order valence-corrected chi connectivity index (χ1v) is 6.56. The summed E-state index contributed by atoms with van der Waals surface area (Å²) >= 11 is 0. The lowest BCUT2D eigenvalue weighted by atomic mass is 10.3. The summed E-state index contributed by atoms with van der Waals surface area (Å²) in [6, 6.07) is 0.153. The number of aromatic amines is 1. The lowest BCUT2D eigenvalue weighted by Gasteiger charge is -2.19. The van der Waals surface area contributed by atoms with Crippen LogP contribution in [0.1, 0.15) is 49.1 Å². The number of aryl methyl sites for hydroxylation is 1. The lowest BCUT2D eigenvalue weighted by Crippen LogP contribution is -2.35. The third-order valence-electron chi connectivity index (χ3n) is 3.02. The summed E-state index contributed by atoms with van der Waals surface area (Å²) in [6.07, 6.45) is 3.48. The number of carboxylic acid groups (broad SMARTS) is 1. The van der Waals surface area contributed by atoms with Gasteiger partial charge in [-0.2, -0.15) is 0 Å². The van der Waals surface area contributed by atoms with Crippen molar-refractivity contribution in [2.24, 2.45) is 0 Å². The minimum atomic E-state index is -0.903. The van der Waals surface area contributed by atoms with Crippen LogP contribution in [0, 0.1) is 0 Å². The number of carboxylic acids is 1. The number of aliphatic carboxylic acids is 1. The van der Waals surface area contributed by atoms with Crippen molar-refractivity contribution in [3.05, 3.63) is 11.6 Å². The number of hydrogen-bond donors (Lipinski definition) is 2. The van der Waals surface area contributed by atoms with E-state index in [0.717, 1.165) is 25.7 Å². The monoisotopic (exact) mass is 266 g/mol. The lowest BCUT2D eigenvalue weighted by molar-refractivity contribution is -0.137. The van der Waals surface area contributed by atoms with Crippen LogP contribution in [-0.4, -0.2) is 49.7 Å². The van der Waals surface area contributed by atoms with Gasteiger partial charge in [-0.3, -0.25) is 14.7 Å².